The third kappa shape index (κ3) is 5.70. The highest BCUT2D eigenvalue weighted by molar-refractivity contribution is 5.36. The third-order valence-electron chi connectivity index (χ3n) is 3.46. The second kappa shape index (κ2) is 8.65. The third-order valence-corrected chi connectivity index (χ3v) is 3.46. The molecule has 0 aliphatic rings. The Morgan fingerprint density at radius 2 is 1.56 bits per heavy atom. The number of benzene rings is 1. The monoisotopic (exact) mass is 372 g/mol. The Morgan fingerprint density at radius 3 is 2.07 bits per heavy atom. The van der Waals surface area contributed by atoms with Crippen LogP contribution in [0.5, 0.6) is 11.6 Å². The maximum atomic E-state index is 11.7. The van der Waals surface area contributed by atoms with Crippen LogP contribution in [-0.2, 0) is 6.42 Å². The maximum Gasteiger partial charge on any atom is 0.328 e. The number of H-pyrrole nitrogens is 4. The summed E-state index contributed by atoms with van der Waals surface area (Å²) in [5.74, 6) is 0.815. The molecule has 0 amide bonds. The van der Waals surface area contributed by atoms with E-state index in [-0.39, 0.29) is 11.4 Å². The predicted octanol–water partition coefficient (Wildman–Crippen LogP) is 1.10. The van der Waals surface area contributed by atoms with Crippen molar-refractivity contribution in [3.8, 4) is 11.6 Å². The number of hydrogen-bond acceptors (Lipinski definition) is 5. The summed E-state index contributed by atoms with van der Waals surface area (Å²) in [5, 5.41) is 0. The van der Waals surface area contributed by atoms with Gasteiger partial charge in [-0.1, -0.05) is 13.0 Å². The van der Waals surface area contributed by atoms with E-state index in [1.54, 1.807) is 0 Å². The first kappa shape index (κ1) is 19.7. The molecule has 0 aliphatic heterocycles. The number of aromatic amines is 4. The van der Waals surface area contributed by atoms with E-state index in [4.69, 9.17) is 4.74 Å². The maximum absolute atomic E-state index is 11.7. The zero-order valence-electron chi connectivity index (χ0n) is 15.1. The summed E-state index contributed by atoms with van der Waals surface area (Å²) in [6.45, 7) is 5.75. The molecular formula is C18H20N4O5. The van der Waals surface area contributed by atoms with Gasteiger partial charge >= 0.3 is 11.4 Å². The van der Waals surface area contributed by atoms with Crippen LogP contribution in [0.4, 0.5) is 0 Å². The Hall–Kier alpha value is -3.62. The summed E-state index contributed by atoms with van der Waals surface area (Å²) in [7, 11) is 0. The molecule has 0 bridgehead atoms. The Balaban J connectivity index is 0.000000273. The van der Waals surface area contributed by atoms with Crippen molar-refractivity contribution < 1.29 is 4.74 Å². The van der Waals surface area contributed by atoms with E-state index in [0.29, 0.717) is 17.7 Å². The summed E-state index contributed by atoms with van der Waals surface area (Å²) < 4.78 is 5.65. The topological polar surface area (TPSA) is 141 Å². The highest BCUT2D eigenvalue weighted by Gasteiger charge is 2.10. The van der Waals surface area contributed by atoms with Crippen molar-refractivity contribution in [2.24, 2.45) is 0 Å². The largest absolute Gasteiger partial charge is 0.440 e. The van der Waals surface area contributed by atoms with Crippen LogP contribution in [0.2, 0.25) is 0 Å². The molecule has 9 nitrogen and oxygen atoms in total. The second-order valence-corrected chi connectivity index (χ2v) is 5.79. The van der Waals surface area contributed by atoms with E-state index in [1.807, 2.05) is 44.0 Å². The van der Waals surface area contributed by atoms with Gasteiger partial charge in [-0.05, 0) is 43.5 Å². The average Bonchev–Trinajstić information content (AvgIpc) is 2.54. The van der Waals surface area contributed by atoms with Gasteiger partial charge < -0.3 is 9.72 Å². The predicted molar refractivity (Wildman–Crippen MR) is 101 cm³/mol. The standard InChI is InChI=1S/C14H16N2O3.C4H4N2O2/c1-4-11-12(17)15-14(18)16-13(11)19-10-6-8(2)5-9(3)7-10;7-3-1-2-5-4(8)6-3/h5-7H,4H2,1-3H3,(H2,15,16,17,18);1-2H,(H2,5,6,7,8). The zero-order valence-corrected chi connectivity index (χ0v) is 15.1. The van der Waals surface area contributed by atoms with Gasteiger partial charge in [0.2, 0.25) is 5.88 Å². The van der Waals surface area contributed by atoms with Crippen LogP contribution < -0.4 is 27.2 Å². The van der Waals surface area contributed by atoms with Crippen molar-refractivity contribution in [2.45, 2.75) is 27.2 Å². The summed E-state index contributed by atoms with van der Waals surface area (Å²) in [5.41, 5.74) is 0.706. The van der Waals surface area contributed by atoms with E-state index in [9.17, 15) is 19.2 Å². The molecule has 0 saturated carbocycles. The Labute approximate surface area is 153 Å². The van der Waals surface area contributed by atoms with Gasteiger partial charge in [-0.2, -0.15) is 0 Å². The lowest BCUT2D eigenvalue weighted by Gasteiger charge is -2.09. The Morgan fingerprint density at radius 1 is 0.889 bits per heavy atom. The van der Waals surface area contributed by atoms with Crippen molar-refractivity contribution in [1.82, 2.24) is 19.9 Å². The number of rotatable bonds is 3. The zero-order chi connectivity index (χ0) is 20.0. The fraction of sp³-hybridized carbons (Fsp3) is 0.222. The van der Waals surface area contributed by atoms with Crippen molar-refractivity contribution in [3.63, 3.8) is 0 Å². The molecular weight excluding hydrogens is 352 g/mol. The van der Waals surface area contributed by atoms with Gasteiger partial charge in [-0.15, -0.1) is 0 Å². The van der Waals surface area contributed by atoms with Crippen molar-refractivity contribution in [3.05, 3.63) is 88.8 Å². The molecule has 0 radical (unpaired) electrons. The van der Waals surface area contributed by atoms with E-state index >= 15 is 0 Å². The first-order chi connectivity index (χ1) is 12.8. The van der Waals surface area contributed by atoms with Crippen LogP contribution in [0.1, 0.15) is 23.6 Å². The number of hydrogen-bond donors (Lipinski definition) is 4. The van der Waals surface area contributed by atoms with Gasteiger partial charge in [0.25, 0.3) is 11.1 Å². The van der Waals surface area contributed by atoms with E-state index in [1.165, 1.54) is 12.3 Å². The fourth-order valence-electron chi connectivity index (χ4n) is 2.39. The molecule has 0 fully saturated rings. The summed E-state index contributed by atoms with van der Waals surface area (Å²) in [4.78, 5) is 52.3. The van der Waals surface area contributed by atoms with Crippen molar-refractivity contribution >= 4 is 0 Å². The van der Waals surface area contributed by atoms with Gasteiger partial charge in [-0.3, -0.25) is 24.5 Å². The average molecular weight is 372 g/mol. The number of nitrogens with one attached hydrogen (secondary N) is 4. The van der Waals surface area contributed by atoms with Crippen LogP contribution in [-0.4, -0.2) is 19.9 Å². The molecule has 3 aromatic rings. The Bertz CT molecular complexity index is 1110. The minimum Gasteiger partial charge on any atom is -0.440 e. The quantitative estimate of drug-likeness (QED) is 0.545. The molecule has 0 saturated heterocycles. The summed E-state index contributed by atoms with van der Waals surface area (Å²) >= 11 is 0. The fourth-order valence-corrected chi connectivity index (χ4v) is 2.39. The van der Waals surface area contributed by atoms with Gasteiger partial charge in [0, 0.05) is 12.3 Å². The van der Waals surface area contributed by atoms with Gasteiger partial charge in [0.15, 0.2) is 0 Å². The molecule has 2 aromatic heterocycles. The molecule has 0 atom stereocenters. The molecule has 0 aliphatic carbocycles. The van der Waals surface area contributed by atoms with Crippen LogP contribution in [0.15, 0.2) is 49.6 Å². The van der Waals surface area contributed by atoms with Crippen molar-refractivity contribution in [2.75, 3.05) is 0 Å². The first-order valence-electron chi connectivity index (χ1n) is 8.18. The second-order valence-electron chi connectivity index (χ2n) is 5.79. The number of aryl methyl sites for hydroxylation is 2. The number of aromatic nitrogens is 4. The minimum atomic E-state index is -0.568. The van der Waals surface area contributed by atoms with E-state index < -0.39 is 16.9 Å². The van der Waals surface area contributed by atoms with Gasteiger partial charge in [0.05, 0.1) is 5.56 Å². The normalized spacial score (nSPS) is 10.0. The van der Waals surface area contributed by atoms with Crippen LogP contribution in [0.3, 0.4) is 0 Å². The van der Waals surface area contributed by atoms with Gasteiger partial charge in [-0.25, -0.2) is 9.59 Å². The highest BCUT2D eigenvalue weighted by Crippen LogP contribution is 2.23. The number of ether oxygens (including phenoxy) is 1. The SMILES string of the molecule is CCc1c(Oc2cc(C)cc(C)c2)[nH]c(=O)[nH]c1=O.O=c1cc[nH]c(=O)[nH]1. The Kier molecular flexibility index (Phi) is 6.32. The molecule has 142 valence electrons. The lowest BCUT2D eigenvalue weighted by atomic mass is 10.1. The molecule has 9 heteroatoms. The molecule has 0 unspecified atom stereocenters. The van der Waals surface area contributed by atoms with E-state index in [0.717, 1.165) is 11.1 Å². The molecule has 27 heavy (non-hydrogen) atoms. The minimum absolute atomic E-state index is 0.209. The van der Waals surface area contributed by atoms with Gasteiger partial charge in [0.1, 0.15) is 5.75 Å². The lowest BCUT2D eigenvalue weighted by Crippen LogP contribution is -2.25. The van der Waals surface area contributed by atoms with Crippen LogP contribution in [0.25, 0.3) is 0 Å². The summed E-state index contributed by atoms with van der Waals surface area (Å²) in [6, 6.07) is 6.97. The smallest absolute Gasteiger partial charge is 0.328 e. The van der Waals surface area contributed by atoms with E-state index in [2.05, 4.69) is 15.0 Å². The van der Waals surface area contributed by atoms with Crippen LogP contribution >= 0.6 is 0 Å². The molecule has 3 rings (SSSR count). The summed E-state index contributed by atoms with van der Waals surface area (Å²) in [6.07, 6.45) is 1.77. The first-order valence-corrected chi connectivity index (χ1v) is 8.18. The highest BCUT2D eigenvalue weighted by atomic mass is 16.5. The van der Waals surface area contributed by atoms with Crippen LogP contribution in [0, 0.1) is 13.8 Å². The molecule has 4 N–H and O–H groups in total. The molecule has 2 heterocycles. The lowest BCUT2D eigenvalue weighted by molar-refractivity contribution is 0.450. The van der Waals surface area contributed by atoms with Crippen molar-refractivity contribution in [1.29, 1.82) is 0 Å². The molecule has 1 aromatic carbocycles. The molecule has 0 spiro atoms.